The van der Waals surface area contributed by atoms with E-state index in [0.29, 0.717) is 6.42 Å². The van der Waals surface area contributed by atoms with E-state index in [2.05, 4.69) is 5.32 Å². The maximum absolute atomic E-state index is 12.6. The molecular weight excluding hydrogens is 390 g/mol. The van der Waals surface area contributed by atoms with E-state index in [-0.39, 0.29) is 12.8 Å². The van der Waals surface area contributed by atoms with Gasteiger partial charge in [0.2, 0.25) is 5.92 Å². The number of carbonyl (C=O) groups is 4. The highest BCUT2D eigenvalue weighted by molar-refractivity contribution is 6.15. The number of benzene rings is 1. The Morgan fingerprint density at radius 2 is 1.67 bits per heavy atom. The van der Waals surface area contributed by atoms with Crippen LogP contribution in [-0.2, 0) is 35.0 Å². The van der Waals surface area contributed by atoms with Gasteiger partial charge >= 0.3 is 18.0 Å². The molecule has 164 valence electrons. The summed E-state index contributed by atoms with van der Waals surface area (Å²) < 4.78 is 15.3. The molecule has 0 aliphatic carbocycles. The fraction of sp³-hybridized carbons (Fsp3) is 0.545. The van der Waals surface area contributed by atoms with Crippen molar-refractivity contribution in [1.82, 2.24) is 5.32 Å². The highest BCUT2D eigenvalue weighted by Gasteiger charge is 2.46. The van der Waals surface area contributed by atoms with Crippen molar-refractivity contribution in [2.45, 2.75) is 71.3 Å². The van der Waals surface area contributed by atoms with Crippen LogP contribution in [0.15, 0.2) is 30.3 Å². The zero-order valence-electron chi connectivity index (χ0n) is 18.0. The summed E-state index contributed by atoms with van der Waals surface area (Å²) >= 11 is 0. The number of rotatable bonds is 7. The number of esters is 2. The van der Waals surface area contributed by atoms with Gasteiger partial charge in [0.25, 0.3) is 5.79 Å². The number of Topliss-reactive ketones (excluding diaryl/α,β-unsaturated/α-hetero) is 1. The molecule has 1 aliphatic heterocycles. The van der Waals surface area contributed by atoms with E-state index < -0.39 is 47.2 Å². The van der Waals surface area contributed by atoms with Crippen molar-refractivity contribution >= 4 is 23.8 Å². The van der Waals surface area contributed by atoms with Crippen LogP contribution in [-0.4, -0.2) is 41.2 Å². The van der Waals surface area contributed by atoms with Crippen molar-refractivity contribution in [3.8, 4) is 0 Å². The molecule has 1 atom stereocenters. The second-order valence-electron chi connectivity index (χ2n) is 8.71. The number of nitrogens with one attached hydrogen (secondary N) is 1. The summed E-state index contributed by atoms with van der Waals surface area (Å²) in [5.41, 5.74) is 0.295. The van der Waals surface area contributed by atoms with Crippen LogP contribution in [0.3, 0.4) is 0 Å². The first-order valence-corrected chi connectivity index (χ1v) is 9.88. The summed E-state index contributed by atoms with van der Waals surface area (Å²) in [6.45, 7) is 8.10. The number of ether oxygens (including phenoxy) is 3. The fourth-order valence-corrected chi connectivity index (χ4v) is 3.04. The van der Waals surface area contributed by atoms with Gasteiger partial charge in [0, 0.05) is 26.3 Å². The number of carbonyl (C=O) groups excluding carboxylic acids is 4. The first-order valence-electron chi connectivity index (χ1n) is 9.88. The summed E-state index contributed by atoms with van der Waals surface area (Å²) in [6, 6.07) is 9.01. The van der Waals surface area contributed by atoms with Crippen molar-refractivity contribution in [3.63, 3.8) is 0 Å². The third kappa shape index (κ3) is 7.17. The van der Waals surface area contributed by atoms with E-state index in [1.54, 1.807) is 20.8 Å². The van der Waals surface area contributed by atoms with Crippen molar-refractivity contribution < 1.29 is 33.4 Å². The van der Waals surface area contributed by atoms with Crippen molar-refractivity contribution in [3.05, 3.63) is 35.9 Å². The molecule has 8 nitrogen and oxygen atoms in total. The lowest BCUT2D eigenvalue weighted by Gasteiger charge is -2.32. The van der Waals surface area contributed by atoms with Crippen LogP contribution in [0.1, 0.15) is 53.0 Å². The predicted molar refractivity (Wildman–Crippen MR) is 107 cm³/mol. The highest BCUT2D eigenvalue weighted by atomic mass is 16.7. The molecule has 1 aromatic carbocycles. The molecule has 1 saturated heterocycles. The van der Waals surface area contributed by atoms with Crippen LogP contribution in [0.25, 0.3) is 0 Å². The molecule has 0 aromatic heterocycles. The van der Waals surface area contributed by atoms with E-state index in [0.717, 1.165) is 5.56 Å². The predicted octanol–water partition coefficient (Wildman–Crippen LogP) is 2.92. The third-order valence-electron chi connectivity index (χ3n) is 4.27. The molecule has 1 aliphatic rings. The molecule has 0 saturated carbocycles. The fourth-order valence-electron chi connectivity index (χ4n) is 3.04. The minimum Gasteiger partial charge on any atom is -0.444 e. The Labute approximate surface area is 176 Å². The molecule has 0 spiro atoms. The van der Waals surface area contributed by atoms with E-state index >= 15 is 0 Å². The quantitative estimate of drug-likeness (QED) is 0.535. The Morgan fingerprint density at radius 1 is 1.10 bits per heavy atom. The number of alkyl carbamates (subject to hydrolysis) is 1. The molecule has 2 rings (SSSR count). The minimum absolute atomic E-state index is 0.109. The van der Waals surface area contributed by atoms with Crippen LogP contribution >= 0.6 is 0 Å². The smallest absolute Gasteiger partial charge is 0.407 e. The van der Waals surface area contributed by atoms with Gasteiger partial charge in [-0.05, 0) is 39.2 Å². The summed E-state index contributed by atoms with van der Waals surface area (Å²) in [5.74, 6) is -5.43. The molecule has 30 heavy (non-hydrogen) atoms. The Kier molecular flexibility index (Phi) is 7.23. The molecule has 1 unspecified atom stereocenters. The van der Waals surface area contributed by atoms with E-state index in [1.165, 1.54) is 13.8 Å². The zero-order chi connectivity index (χ0) is 22.5. The number of ketones is 1. The maximum atomic E-state index is 12.6. The monoisotopic (exact) mass is 419 g/mol. The lowest BCUT2D eigenvalue weighted by molar-refractivity contribution is -0.238. The molecule has 8 heteroatoms. The molecule has 1 fully saturated rings. The van der Waals surface area contributed by atoms with Crippen LogP contribution in [0.2, 0.25) is 0 Å². The Morgan fingerprint density at radius 3 is 2.20 bits per heavy atom. The van der Waals surface area contributed by atoms with Crippen LogP contribution in [0.5, 0.6) is 0 Å². The highest BCUT2D eigenvalue weighted by Crippen LogP contribution is 2.25. The average molecular weight is 419 g/mol. The SMILES string of the molecule is CC(C)(C)OC(=O)NC(CCC(=O)C1C(=O)OC(C)(C)OC1=O)Cc1ccccc1. The molecular formula is C22H29NO7. The van der Waals surface area contributed by atoms with Crippen molar-refractivity contribution in [2.75, 3.05) is 0 Å². The molecule has 1 N–H and O–H groups in total. The van der Waals surface area contributed by atoms with Gasteiger partial charge in [-0.25, -0.2) is 4.79 Å². The first-order chi connectivity index (χ1) is 13.9. The minimum atomic E-state index is -1.60. The van der Waals surface area contributed by atoms with Gasteiger partial charge in [0.05, 0.1) is 0 Å². The van der Waals surface area contributed by atoms with Gasteiger partial charge in [0.1, 0.15) is 5.60 Å². The topological polar surface area (TPSA) is 108 Å². The molecule has 0 bridgehead atoms. The van der Waals surface area contributed by atoms with Crippen molar-refractivity contribution in [1.29, 1.82) is 0 Å². The molecule has 1 amide bonds. The number of hydrogen-bond donors (Lipinski definition) is 1. The Bertz CT molecular complexity index is 775. The van der Waals surface area contributed by atoms with E-state index in [9.17, 15) is 19.2 Å². The summed E-state index contributed by atoms with van der Waals surface area (Å²) in [7, 11) is 0. The largest absolute Gasteiger partial charge is 0.444 e. The second-order valence-corrected chi connectivity index (χ2v) is 8.71. The van der Waals surface area contributed by atoms with Crippen LogP contribution < -0.4 is 5.32 Å². The standard InChI is InChI=1S/C22H29NO7/c1-21(2,3)30-20(27)23-15(13-14-9-7-6-8-10-14)11-12-16(24)17-18(25)28-22(4,5)29-19(17)26/h6-10,15,17H,11-13H2,1-5H3,(H,23,27). The van der Waals surface area contributed by atoms with Gasteiger partial charge < -0.3 is 19.5 Å². The average Bonchev–Trinajstić information content (AvgIpc) is 2.57. The van der Waals surface area contributed by atoms with Gasteiger partial charge in [-0.2, -0.15) is 0 Å². The molecule has 1 heterocycles. The number of cyclic esters (lactones) is 2. The van der Waals surface area contributed by atoms with Gasteiger partial charge in [-0.15, -0.1) is 0 Å². The van der Waals surface area contributed by atoms with E-state index in [1.807, 2.05) is 30.3 Å². The second kappa shape index (κ2) is 9.28. The van der Waals surface area contributed by atoms with Crippen LogP contribution in [0, 0.1) is 5.92 Å². The van der Waals surface area contributed by atoms with Gasteiger partial charge in [-0.3, -0.25) is 14.4 Å². The van der Waals surface area contributed by atoms with E-state index in [4.69, 9.17) is 14.2 Å². The normalized spacial score (nSPS) is 17.5. The zero-order valence-corrected chi connectivity index (χ0v) is 18.0. The Hall–Kier alpha value is -2.90. The van der Waals surface area contributed by atoms with Gasteiger partial charge in [-0.1, -0.05) is 30.3 Å². The number of amides is 1. The third-order valence-corrected chi connectivity index (χ3v) is 4.27. The van der Waals surface area contributed by atoms with Crippen molar-refractivity contribution in [2.24, 2.45) is 5.92 Å². The summed E-state index contributed by atoms with van der Waals surface area (Å²) in [5, 5.41) is 2.77. The first kappa shape index (κ1) is 23.4. The summed E-state index contributed by atoms with van der Waals surface area (Å²) in [4.78, 5) is 49.0. The maximum Gasteiger partial charge on any atom is 0.407 e. The lowest BCUT2D eigenvalue weighted by atomic mass is 9.95. The summed E-state index contributed by atoms with van der Waals surface area (Å²) in [6.07, 6.45) is -0.0372. The van der Waals surface area contributed by atoms with Gasteiger partial charge in [0.15, 0.2) is 5.78 Å². The number of hydrogen-bond acceptors (Lipinski definition) is 7. The molecule has 0 radical (unpaired) electrons. The lowest BCUT2D eigenvalue weighted by Crippen LogP contribution is -2.49. The van der Waals surface area contributed by atoms with Crippen LogP contribution in [0.4, 0.5) is 4.79 Å². The molecule has 1 aromatic rings. The Balaban J connectivity index is 2.04.